The van der Waals surface area contributed by atoms with E-state index in [1.807, 2.05) is 35.7 Å². The largest absolute Gasteiger partial charge is 0.465 e. The van der Waals surface area contributed by atoms with Gasteiger partial charge in [-0.15, -0.1) is 11.6 Å². The molecule has 1 aromatic carbocycles. The summed E-state index contributed by atoms with van der Waals surface area (Å²) in [6.45, 7) is 0.552. The quantitative estimate of drug-likeness (QED) is 0.763. The Morgan fingerprint density at radius 3 is 2.73 bits per heavy atom. The Kier molecular flexibility index (Phi) is 3.59. The maximum absolute atomic E-state index is 5.65. The lowest BCUT2D eigenvalue weighted by Crippen LogP contribution is -1.94. The fraction of sp³-hybridized carbons (Fsp3) is 0.182. The maximum atomic E-state index is 5.65. The summed E-state index contributed by atoms with van der Waals surface area (Å²) in [7, 11) is 0. The number of ether oxygens (including phenoxy) is 1. The van der Waals surface area contributed by atoms with E-state index in [1.165, 1.54) is 11.3 Å². The van der Waals surface area contributed by atoms with Gasteiger partial charge in [0.1, 0.15) is 6.61 Å². The number of hydrogen-bond donors (Lipinski definition) is 0. The van der Waals surface area contributed by atoms with Gasteiger partial charge in [0.05, 0.1) is 11.6 Å². The molecule has 0 aliphatic rings. The van der Waals surface area contributed by atoms with Gasteiger partial charge in [0, 0.05) is 5.38 Å². The molecule has 0 saturated carbocycles. The lowest BCUT2D eigenvalue weighted by molar-refractivity contribution is 0.304. The second-order valence-electron chi connectivity index (χ2n) is 3.01. The number of halogens is 1. The van der Waals surface area contributed by atoms with Crippen molar-refractivity contribution in [3.05, 3.63) is 47.0 Å². The lowest BCUT2D eigenvalue weighted by Gasteiger charge is -2.01. The number of alkyl halides is 1. The fourth-order valence-electron chi connectivity index (χ4n) is 1.14. The standard InChI is InChI=1S/C11H10ClNOS/c12-6-10-8-15-11(13-10)14-7-9-4-2-1-3-5-9/h1-5,8H,6-7H2. The molecule has 0 atom stereocenters. The molecule has 0 amide bonds. The van der Waals surface area contributed by atoms with Gasteiger partial charge in [-0.3, -0.25) is 0 Å². The van der Waals surface area contributed by atoms with Crippen molar-refractivity contribution >= 4 is 22.9 Å². The van der Waals surface area contributed by atoms with Gasteiger partial charge < -0.3 is 4.74 Å². The third kappa shape index (κ3) is 2.94. The van der Waals surface area contributed by atoms with Crippen molar-refractivity contribution in [1.29, 1.82) is 0 Å². The molecule has 1 heterocycles. The molecule has 2 nitrogen and oxygen atoms in total. The molecule has 4 heteroatoms. The summed E-state index contributed by atoms with van der Waals surface area (Å²) in [4.78, 5) is 4.21. The zero-order valence-corrected chi connectivity index (χ0v) is 9.59. The van der Waals surface area contributed by atoms with E-state index in [1.54, 1.807) is 0 Å². The van der Waals surface area contributed by atoms with E-state index >= 15 is 0 Å². The summed E-state index contributed by atoms with van der Waals surface area (Å²) in [5, 5.41) is 2.59. The Morgan fingerprint density at radius 2 is 2.07 bits per heavy atom. The third-order valence-electron chi connectivity index (χ3n) is 1.87. The van der Waals surface area contributed by atoms with Gasteiger partial charge in [-0.1, -0.05) is 41.7 Å². The van der Waals surface area contributed by atoms with Crippen LogP contribution in [0.5, 0.6) is 5.19 Å². The van der Waals surface area contributed by atoms with Crippen LogP contribution in [0.25, 0.3) is 0 Å². The van der Waals surface area contributed by atoms with E-state index in [-0.39, 0.29) is 0 Å². The summed E-state index contributed by atoms with van der Waals surface area (Å²) in [6, 6.07) is 10.0. The molecule has 0 N–H and O–H groups in total. The summed E-state index contributed by atoms with van der Waals surface area (Å²) in [5.74, 6) is 0.436. The van der Waals surface area contributed by atoms with Gasteiger partial charge in [-0.25, -0.2) is 4.98 Å². The molecular weight excluding hydrogens is 230 g/mol. The second kappa shape index (κ2) is 5.14. The summed E-state index contributed by atoms with van der Waals surface area (Å²) < 4.78 is 5.52. The summed E-state index contributed by atoms with van der Waals surface area (Å²) >= 11 is 7.12. The molecule has 1 aromatic heterocycles. The van der Waals surface area contributed by atoms with Crippen LogP contribution in [0.15, 0.2) is 35.7 Å². The monoisotopic (exact) mass is 239 g/mol. The number of aromatic nitrogens is 1. The minimum Gasteiger partial charge on any atom is -0.465 e. The van der Waals surface area contributed by atoms with Crippen LogP contribution in [-0.2, 0) is 12.5 Å². The fourth-order valence-corrected chi connectivity index (χ4v) is 2.03. The van der Waals surface area contributed by atoms with Gasteiger partial charge in [-0.05, 0) is 5.56 Å². The molecule has 0 fully saturated rings. The van der Waals surface area contributed by atoms with Crippen molar-refractivity contribution in [2.75, 3.05) is 0 Å². The average molecular weight is 240 g/mol. The van der Waals surface area contributed by atoms with Crippen molar-refractivity contribution in [1.82, 2.24) is 4.98 Å². The Hall–Kier alpha value is -1.06. The smallest absolute Gasteiger partial charge is 0.273 e. The third-order valence-corrected chi connectivity index (χ3v) is 2.95. The highest BCUT2D eigenvalue weighted by molar-refractivity contribution is 7.11. The van der Waals surface area contributed by atoms with Crippen LogP contribution in [0.2, 0.25) is 0 Å². The minimum atomic E-state index is 0.436. The number of hydrogen-bond acceptors (Lipinski definition) is 3. The molecule has 78 valence electrons. The Bertz CT molecular complexity index is 416. The lowest BCUT2D eigenvalue weighted by atomic mass is 10.2. The highest BCUT2D eigenvalue weighted by Gasteiger charge is 2.01. The molecule has 2 aromatic rings. The second-order valence-corrected chi connectivity index (χ2v) is 4.10. The van der Waals surface area contributed by atoms with Crippen LogP contribution in [0.1, 0.15) is 11.3 Å². The van der Waals surface area contributed by atoms with Crippen LogP contribution >= 0.6 is 22.9 Å². The maximum Gasteiger partial charge on any atom is 0.273 e. The predicted molar refractivity (Wildman–Crippen MR) is 62.4 cm³/mol. The molecule has 0 unspecified atom stereocenters. The Balaban J connectivity index is 1.93. The number of rotatable bonds is 4. The first-order chi connectivity index (χ1) is 7.38. The molecule has 0 aliphatic carbocycles. The number of benzene rings is 1. The molecule has 0 bridgehead atoms. The van der Waals surface area contributed by atoms with Gasteiger partial charge >= 0.3 is 0 Å². The molecule has 2 rings (SSSR count). The average Bonchev–Trinajstić information content (AvgIpc) is 2.76. The summed E-state index contributed by atoms with van der Waals surface area (Å²) in [6.07, 6.45) is 0. The summed E-state index contributed by atoms with van der Waals surface area (Å²) in [5.41, 5.74) is 2.00. The van der Waals surface area contributed by atoms with Gasteiger partial charge in [0.15, 0.2) is 0 Å². The van der Waals surface area contributed by atoms with Gasteiger partial charge in [0.25, 0.3) is 5.19 Å². The highest BCUT2D eigenvalue weighted by Crippen LogP contribution is 2.20. The van der Waals surface area contributed by atoms with Crippen LogP contribution in [0, 0.1) is 0 Å². The van der Waals surface area contributed by atoms with Crippen LogP contribution in [0.4, 0.5) is 0 Å². The Morgan fingerprint density at radius 1 is 1.27 bits per heavy atom. The predicted octanol–water partition coefficient (Wildman–Crippen LogP) is 3.46. The first-order valence-electron chi connectivity index (χ1n) is 4.55. The van der Waals surface area contributed by atoms with Crippen molar-refractivity contribution in [3.8, 4) is 5.19 Å². The molecule has 0 aliphatic heterocycles. The number of thiazole rings is 1. The van der Waals surface area contributed by atoms with E-state index in [9.17, 15) is 0 Å². The molecular formula is C11H10ClNOS. The van der Waals surface area contributed by atoms with Crippen molar-refractivity contribution in [2.24, 2.45) is 0 Å². The number of nitrogens with zero attached hydrogens (tertiary/aromatic N) is 1. The normalized spacial score (nSPS) is 10.2. The Labute approximate surface area is 97.5 Å². The van der Waals surface area contributed by atoms with E-state index in [0.717, 1.165) is 11.3 Å². The molecule has 15 heavy (non-hydrogen) atoms. The molecule has 0 saturated heterocycles. The zero-order valence-electron chi connectivity index (χ0n) is 8.02. The van der Waals surface area contributed by atoms with E-state index in [2.05, 4.69) is 4.98 Å². The SMILES string of the molecule is ClCc1csc(OCc2ccccc2)n1. The topological polar surface area (TPSA) is 22.1 Å². The van der Waals surface area contributed by atoms with Crippen molar-refractivity contribution in [2.45, 2.75) is 12.5 Å². The van der Waals surface area contributed by atoms with E-state index < -0.39 is 0 Å². The van der Waals surface area contributed by atoms with Crippen molar-refractivity contribution < 1.29 is 4.74 Å². The molecule has 0 spiro atoms. The van der Waals surface area contributed by atoms with E-state index in [4.69, 9.17) is 16.3 Å². The van der Waals surface area contributed by atoms with Crippen molar-refractivity contribution in [3.63, 3.8) is 0 Å². The van der Waals surface area contributed by atoms with Gasteiger partial charge in [-0.2, -0.15) is 0 Å². The van der Waals surface area contributed by atoms with E-state index in [0.29, 0.717) is 17.7 Å². The van der Waals surface area contributed by atoms with Gasteiger partial charge in [0.2, 0.25) is 0 Å². The van der Waals surface area contributed by atoms with Crippen LogP contribution in [-0.4, -0.2) is 4.98 Å². The highest BCUT2D eigenvalue weighted by atomic mass is 35.5. The van der Waals surface area contributed by atoms with Crippen LogP contribution in [0.3, 0.4) is 0 Å². The first kappa shape index (κ1) is 10.5. The molecule has 0 radical (unpaired) electrons. The van der Waals surface area contributed by atoms with Crippen LogP contribution < -0.4 is 4.74 Å². The minimum absolute atomic E-state index is 0.436. The first-order valence-corrected chi connectivity index (χ1v) is 5.97. The zero-order chi connectivity index (χ0) is 10.5.